The van der Waals surface area contributed by atoms with Crippen LogP contribution in [0.1, 0.15) is 18.4 Å². The van der Waals surface area contributed by atoms with Gasteiger partial charge in [-0.3, -0.25) is 9.59 Å². The van der Waals surface area contributed by atoms with Crippen LogP contribution >= 0.6 is 11.6 Å². The second-order valence-corrected chi connectivity index (χ2v) is 7.16. The smallest absolute Gasteiger partial charge is 0.314 e. The van der Waals surface area contributed by atoms with Gasteiger partial charge in [-0.05, 0) is 48.9 Å². The van der Waals surface area contributed by atoms with Crippen LogP contribution in [0.15, 0.2) is 48.5 Å². The van der Waals surface area contributed by atoms with E-state index in [4.69, 9.17) is 16.3 Å². The SMILES string of the molecule is COc1ccc(Cl)cc1NC(=O)C(=O)N1CCC(Cc2ccccc2)CC1. The number of likely N-dealkylation sites (tertiary alicyclic amines) is 1. The van der Waals surface area contributed by atoms with Crippen LogP contribution in [-0.4, -0.2) is 36.9 Å². The summed E-state index contributed by atoms with van der Waals surface area (Å²) in [5, 5.41) is 3.07. The minimum atomic E-state index is -0.669. The molecule has 2 aromatic rings. The number of nitrogens with one attached hydrogen (secondary N) is 1. The Morgan fingerprint density at radius 3 is 2.52 bits per heavy atom. The van der Waals surface area contributed by atoms with Crippen LogP contribution in [0.4, 0.5) is 5.69 Å². The molecule has 142 valence electrons. The highest BCUT2D eigenvalue weighted by Crippen LogP contribution is 2.28. The Labute approximate surface area is 164 Å². The number of methoxy groups -OCH3 is 1. The summed E-state index contributed by atoms with van der Waals surface area (Å²) in [6.07, 6.45) is 2.80. The van der Waals surface area contributed by atoms with Gasteiger partial charge in [-0.1, -0.05) is 41.9 Å². The molecule has 0 aliphatic carbocycles. The number of hydrogen-bond donors (Lipinski definition) is 1. The summed E-state index contributed by atoms with van der Waals surface area (Å²) in [6, 6.07) is 15.2. The van der Waals surface area contributed by atoms with Gasteiger partial charge in [-0.2, -0.15) is 0 Å². The van der Waals surface area contributed by atoms with Crippen LogP contribution in [0.5, 0.6) is 5.75 Å². The first kappa shape index (κ1) is 19.2. The first-order valence-corrected chi connectivity index (χ1v) is 9.42. The lowest BCUT2D eigenvalue weighted by molar-refractivity contribution is -0.144. The molecule has 3 rings (SSSR count). The Kier molecular flexibility index (Phi) is 6.35. The number of anilines is 1. The van der Waals surface area contributed by atoms with E-state index in [-0.39, 0.29) is 0 Å². The molecule has 1 N–H and O–H groups in total. The average Bonchev–Trinajstić information content (AvgIpc) is 2.69. The highest BCUT2D eigenvalue weighted by molar-refractivity contribution is 6.40. The third kappa shape index (κ3) is 5.01. The minimum Gasteiger partial charge on any atom is -0.495 e. The molecule has 27 heavy (non-hydrogen) atoms. The molecule has 1 aliphatic rings. The van der Waals surface area contributed by atoms with Crippen molar-refractivity contribution in [1.29, 1.82) is 0 Å². The van der Waals surface area contributed by atoms with Gasteiger partial charge < -0.3 is 15.0 Å². The summed E-state index contributed by atoms with van der Waals surface area (Å²) in [4.78, 5) is 26.5. The molecular formula is C21H23ClN2O3. The van der Waals surface area contributed by atoms with Gasteiger partial charge >= 0.3 is 11.8 Å². The van der Waals surface area contributed by atoms with Crippen molar-refractivity contribution in [3.63, 3.8) is 0 Å². The number of hydrogen-bond acceptors (Lipinski definition) is 3. The van der Waals surface area contributed by atoms with Crippen LogP contribution in [-0.2, 0) is 16.0 Å². The number of carbonyl (C=O) groups excluding carboxylic acids is 2. The van der Waals surface area contributed by atoms with Crippen LogP contribution in [0, 0.1) is 5.92 Å². The maximum absolute atomic E-state index is 12.5. The second-order valence-electron chi connectivity index (χ2n) is 6.72. The molecule has 0 aromatic heterocycles. The predicted molar refractivity (Wildman–Crippen MR) is 106 cm³/mol. The third-order valence-electron chi connectivity index (χ3n) is 4.87. The molecule has 2 amide bonds. The monoisotopic (exact) mass is 386 g/mol. The minimum absolute atomic E-state index is 0.391. The average molecular weight is 387 g/mol. The van der Waals surface area contributed by atoms with Gasteiger partial charge in [0, 0.05) is 18.1 Å². The molecule has 0 spiro atoms. The summed E-state index contributed by atoms with van der Waals surface area (Å²) >= 11 is 5.97. The lowest BCUT2D eigenvalue weighted by Gasteiger charge is -2.31. The molecule has 2 aromatic carbocycles. The van der Waals surface area contributed by atoms with Gasteiger partial charge in [0.15, 0.2) is 0 Å². The zero-order valence-corrected chi connectivity index (χ0v) is 16.0. The normalized spacial score (nSPS) is 14.7. The van der Waals surface area contributed by atoms with E-state index in [1.807, 2.05) is 18.2 Å². The molecule has 1 aliphatic heterocycles. The maximum Gasteiger partial charge on any atom is 0.314 e. The first-order valence-electron chi connectivity index (χ1n) is 9.04. The molecule has 1 fully saturated rings. The standard InChI is InChI=1S/C21H23ClN2O3/c1-27-19-8-7-17(22)14-18(19)23-20(25)21(26)24-11-9-16(10-12-24)13-15-5-3-2-4-6-15/h2-8,14,16H,9-13H2,1H3,(H,23,25). The summed E-state index contributed by atoms with van der Waals surface area (Å²) < 4.78 is 5.20. The fourth-order valence-electron chi connectivity index (χ4n) is 3.38. The lowest BCUT2D eigenvalue weighted by atomic mass is 9.90. The van der Waals surface area contributed by atoms with E-state index < -0.39 is 11.8 Å². The van der Waals surface area contributed by atoms with Crippen LogP contribution in [0.2, 0.25) is 5.02 Å². The number of piperidine rings is 1. The largest absolute Gasteiger partial charge is 0.495 e. The van der Waals surface area contributed by atoms with E-state index in [1.165, 1.54) is 12.7 Å². The Bertz CT molecular complexity index is 802. The second kappa shape index (κ2) is 8.91. The Hall–Kier alpha value is -2.53. The molecular weight excluding hydrogens is 364 g/mol. The molecule has 1 saturated heterocycles. The van der Waals surface area contributed by atoms with Gasteiger partial charge in [-0.25, -0.2) is 0 Å². The van der Waals surface area contributed by atoms with E-state index in [0.29, 0.717) is 35.5 Å². The van der Waals surface area contributed by atoms with Gasteiger partial charge in [0.2, 0.25) is 0 Å². The summed E-state index contributed by atoms with van der Waals surface area (Å²) in [5.41, 5.74) is 1.70. The van der Waals surface area contributed by atoms with Gasteiger partial charge in [0.05, 0.1) is 12.8 Å². The Morgan fingerprint density at radius 2 is 1.85 bits per heavy atom. The van der Waals surface area contributed by atoms with E-state index in [0.717, 1.165) is 19.3 Å². The van der Waals surface area contributed by atoms with E-state index >= 15 is 0 Å². The predicted octanol–water partition coefficient (Wildman–Crippen LogP) is 3.77. The molecule has 0 bridgehead atoms. The molecule has 1 heterocycles. The molecule has 0 saturated carbocycles. The van der Waals surface area contributed by atoms with Gasteiger partial charge in [0.1, 0.15) is 5.75 Å². The maximum atomic E-state index is 12.5. The van der Waals surface area contributed by atoms with Crippen molar-refractivity contribution < 1.29 is 14.3 Å². The fraction of sp³-hybridized carbons (Fsp3) is 0.333. The summed E-state index contributed by atoms with van der Waals surface area (Å²) in [6.45, 7) is 1.19. The van der Waals surface area contributed by atoms with Crippen molar-refractivity contribution in [3.05, 3.63) is 59.1 Å². The van der Waals surface area contributed by atoms with Gasteiger partial charge in [-0.15, -0.1) is 0 Å². The molecule has 0 unspecified atom stereocenters. The molecule has 0 atom stereocenters. The first-order chi connectivity index (χ1) is 13.1. The van der Waals surface area contributed by atoms with Crippen molar-refractivity contribution in [2.45, 2.75) is 19.3 Å². The summed E-state index contributed by atoms with van der Waals surface area (Å²) in [5.74, 6) is -0.193. The lowest BCUT2D eigenvalue weighted by Crippen LogP contribution is -2.44. The van der Waals surface area contributed by atoms with Crippen LogP contribution in [0.3, 0.4) is 0 Å². The van der Waals surface area contributed by atoms with Gasteiger partial charge in [0.25, 0.3) is 0 Å². The quantitative estimate of drug-likeness (QED) is 0.814. The highest BCUT2D eigenvalue weighted by atomic mass is 35.5. The Morgan fingerprint density at radius 1 is 1.15 bits per heavy atom. The van der Waals surface area contributed by atoms with Crippen molar-refractivity contribution in [1.82, 2.24) is 4.90 Å². The summed E-state index contributed by atoms with van der Waals surface area (Å²) in [7, 11) is 1.50. The zero-order chi connectivity index (χ0) is 19.2. The number of halogens is 1. The van der Waals surface area contributed by atoms with Crippen molar-refractivity contribution in [2.24, 2.45) is 5.92 Å². The van der Waals surface area contributed by atoms with Crippen LogP contribution < -0.4 is 10.1 Å². The van der Waals surface area contributed by atoms with Crippen molar-refractivity contribution in [3.8, 4) is 5.75 Å². The number of ether oxygens (including phenoxy) is 1. The number of nitrogens with zero attached hydrogens (tertiary/aromatic N) is 1. The molecule has 5 nitrogen and oxygen atoms in total. The highest BCUT2D eigenvalue weighted by Gasteiger charge is 2.27. The Balaban J connectivity index is 1.54. The van der Waals surface area contributed by atoms with Crippen LogP contribution in [0.25, 0.3) is 0 Å². The number of carbonyl (C=O) groups is 2. The number of benzene rings is 2. The fourth-order valence-corrected chi connectivity index (χ4v) is 3.56. The van der Waals surface area contributed by atoms with Crippen molar-refractivity contribution >= 4 is 29.1 Å². The van der Waals surface area contributed by atoms with Crippen molar-refractivity contribution in [2.75, 3.05) is 25.5 Å². The number of amides is 2. The topological polar surface area (TPSA) is 58.6 Å². The molecule has 0 radical (unpaired) electrons. The number of rotatable bonds is 4. The van der Waals surface area contributed by atoms with E-state index in [1.54, 1.807) is 23.1 Å². The van der Waals surface area contributed by atoms with E-state index in [9.17, 15) is 9.59 Å². The third-order valence-corrected chi connectivity index (χ3v) is 5.11. The molecule has 6 heteroatoms. The zero-order valence-electron chi connectivity index (χ0n) is 15.3. The van der Waals surface area contributed by atoms with E-state index in [2.05, 4.69) is 17.4 Å².